The Morgan fingerprint density at radius 1 is 1.27 bits per heavy atom. The van der Waals surface area contributed by atoms with Gasteiger partial charge in [-0.15, -0.1) is 0 Å². The summed E-state index contributed by atoms with van der Waals surface area (Å²) in [6.45, 7) is 1.37. The third kappa shape index (κ3) is 3.11. The Balaban J connectivity index is 2.56. The molecule has 1 aromatic rings. The molecule has 1 aromatic carbocycles. The molecule has 2 N–H and O–H groups in total. The molecule has 1 aliphatic heterocycles. The molecule has 7 heteroatoms. The number of hydrogen-bond acceptors (Lipinski definition) is 4. The predicted molar refractivity (Wildman–Crippen MR) is 84.8 cm³/mol. The van der Waals surface area contributed by atoms with E-state index >= 15 is 0 Å². The molecule has 0 atom stereocenters. The van der Waals surface area contributed by atoms with Crippen LogP contribution in [0.5, 0.6) is 0 Å². The van der Waals surface area contributed by atoms with E-state index in [9.17, 15) is 4.79 Å². The summed E-state index contributed by atoms with van der Waals surface area (Å²) in [5.41, 5.74) is 0.887. The standard InChI is InChI=1S/C15H11N5OS/c1-10(21)18-14-7-13(11(8-16)9-17)19-15(22)20(14)12-5-3-2-4-6-12/h2-7H,1H3,(H,18,21)(H,19,22). The van der Waals surface area contributed by atoms with Gasteiger partial charge in [0.2, 0.25) is 5.91 Å². The first-order valence-corrected chi connectivity index (χ1v) is 6.67. The zero-order chi connectivity index (χ0) is 16.1. The second-order valence-electron chi connectivity index (χ2n) is 4.32. The molecule has 2 rings (SSSR count). The first-order valence-electron chi connectivity index (χ1n) is 6.26. The van der Waals surface area contributed by atoms with E-state index in [0.29, 0.717) is 5.82 Å². The first kappa shape index (κ1) is 15.2. The Bertz CT molecular complexity index is 751. The molecule has 0 saturated carbocycles. The fraction of sp³-hybridized carbons (Fsp3) is 0.0667. The molecule has 1 amide bonds. The highest BCUT2D eigenvalue weighted by molar-refractivity contribution is 7.80. The van der Waals surface area contributed by atoms with Crippen LogP contribution in [0.1, 0.15) is 6.92 Å². The minimum atomic E-state index is -0.285. The van der Waals surface area contributed by atoms with Gasteiger partial charge in [-0.05, 0) is 24.4 Å². The molecule has 22 heavy (non-hydrogen) atoms. The number of hydrogen-bond donors (Lipinski definition) is 2. The highest BCUT2D eigenvalue weighted by Crippen LogP contribution is 2.23. The number of amides is 1. The molecule has 0 spiro atoms. The summed E-state index contributed by atoms with van der Waals surface area (Å²) >= 11 is 5.30. The highest BCUT2D eigenvalue weighted by Gasteiger charge is 2.24. The Kier molecular flexibility index (Phi) is 4.52. The number of carbonyl (C=O) groups excluding carboxylic acids is 1. The average molecular weight is 309 g/mol. The van der Waals surface area contributed by atoms with Gasteiger partial charge in [0.25, 0.3) is 0 Å². The normalized spacial score (nSPS) is 13.4. The maximum atomic E-state index is 11.4. The number of benzene rings is 1. The van der Waals surface area contributed by atoms with Crippen LogP contribution in [0.15, 0.2) is 53.5 Å². The number of nitriles is 2. The maximum absolute atomic E-state index is 11.4. The van der Waals surface area contributed by atoms with Gasteiger partial charge in [-0.1, -0.05) is 18.2 Å². The van der Waals surface area contributed by atoms with Crippen molar-refractivity contribution >= 4 is 28.9 Å². The van der Waals surface area contributed by atoms with Crippen LogP contribution >= 0.6 is 12.2 Å². The van der Waals surface area contributed by atoms with Crippen molar-refractivity contribution in [1.82, 2.24) is 10.6 Å². The number of anilines is 1. The summed E-state index contributed by atoms with van der Waals surface area (Å²) in [5.74, 6) is 0.0900. The number of thiocarbonyl (C=S) groups is 1. The van der Waals surface area contributed by atoms with Gasteiger partial charge >= 0.3 is 0 Å². The molecule has 1 aliphatic rings. The monoisotopic (exact) mass is 309 g/mol. The Hall–Kier alpha value is -3.16. The Morgan fingerprint density at radius 3 is 2.45 bits per heavy atom. The van der Waals surface area contributed by atoms with Crippen molar-refractivity contribution in [3.63, 3.8) is 0 Å². The molecule has 0 bridgehead atoms. The second kappa shape index (κ2) is 6.53. The molecule has 6 nitrogen and oxygen atoms in total. The number of allylic oxidation sites excluding steroid dienone is 2. The second-order valence-corrected chi connectivity index (χ2v) is 4.71. The summed E-state index contributed by atoms with van der Waals surface area (Å²) in [7, 11) is 0. The Labute approximate surface area is 132 Å². The van der Waals surface area contributed by atoms with Crippen LogP contribution in [0.3, 0.4) is 0 Å². The van der Waals surface area contributed by atoms with Crippen LogP contribution in [-0.4, -0.2) is 11.0 Å². The molecule has 0 aliphatic carbocycles. The van der Waals surface area contributed by atoms with Gasteiger partial charge in [-0.3, -0.25) is 9.69 Å². The minimum Gasteiger partial charge on any atom is -0.330 e. The average Bonchev–Trinajstić information content (AvgIpc) is 2.48. The molecule has 0 radical (unpaired) electrons. The Morgan fingerprint density at radius 2 is 1.91 bits per heavy atom. The molecule has 0 fully saturated rings. The van der Waals surface area contributed by atoms with Crippen molar-refractivity contribution in [2.45, 2.75) is 6.92 Å². The number of rotatable bonds is 2. The van der Waals surface area contributed by atoms with Gasteiger partial charge in [0.15, 0.2) is 10.7 Å². The molecule has 0 unspecified atom stereocenters. The minimum absolute atomic E-state index is 0.113. The lowest BCUT2D eigenvalue weighted by Gasteiger charge is -2.32. The zero-order valence-corrected chi connectivity index (χ0v) is 12.4. The fourth-order valence-electron chi connectivity index (χ4n) is 1.90. The van der Waals surface area contributed by atoms with Gasteiger partial charge in [0.1, 0.15) is 18.0 Å². The zero-order valence-electron chi connectivity index (χ0n) is 11.6. The largest absolute Gasteiger partial charge is 0.330 e. The van der Waals surface area contributed by atoms with Gasteiger partial charge in [-0.25, -0.2) is 0 Å². The summed E-state index contributed by atoms with van der Waals surface area (Å²) in [5, 5.41) is 23.7. The van der Waals surface area contributed by atoms with Crippen LogP contribution < -0.4 is 15.5 Å². The van der Waals surface area contributed by atoms with Crippen LogP contribution in [0.2, 0.25) is 0 Å². The number of nitrogens with one attached hydrogen (secondary N) is 2. The third-order valence-electron chi connectivity index (χ3n) is 2.78. The third-order valence-corrected chi connectivity index (χ3v) is 3.06. The molecule has 108 valence electrons. The van der Waals surface area contributed by atoms with Crippen molar-refractivity contribution < 1.29 is 4.79 Å². The molecular weight excluding hydrogens is 298 g/mol. The van der Waals surface area contributed by atoms with E-state index in [1.165, 1.54) is 13.0 Å². The van der Waals surface area contributed by atoms with Gasteiger partial charge in [0, 0.05) is 18.7 Å². The number of nitrogens with zero attached hydrogens (tertiary/aromatic N) is 3. The van der Waals surface area contributed by atoms with Crippen molar-refractivity contribution in [2.75, 3.05) is 4.90 Å². The van der Waals surface area contributed by atoms with Crippen molar-refractivity contribution in [1.29, 1.82) is 10.5 Å². The van der Waals surface area contributed by atoms with Gasteiger partial charge in [-0.2, -0.15) is 10.5 Å². The van der Waals surface area contributed by atoms with Crippen LogP contribution in [-0.2, 0) is 4.79 Å². The summed E-state index contributed by atoms with van der Waals surface area (Å²) < 4.78 is 0. The van der Waals surface area contributed by atoms with Crippen molar-refractivity contribution in [3.05, 3.63) is 53.5 Å². The lowest BCUT2D eigenvalue weighted by Crippen LogP contribution is -2.47. The van der Waals surface area contributed by atoms with E-state index < -0.39 is 0 Å². The summed E-state index contributed by atoms with van der Waals surface area (Å²) in [4.78, 5) is 13.0. The van der Waals surface area contributed by atoms with E-state index in [-0.39, 0.29) is 22.3 Å². The smallest absolute Gasteiger partial charge is 0.222 e. The van der Waals surface area contributed by atoms with Gasteiger partial charge in [0.05, 0.1) is 5.70 Å². The van der Waals surface area contributed by atoms with E-state index in [2.05, 4.69) is 10.6 Å². The van der Waals surface area contributed by atoms with E-state index in [1.54, 1.807) is 17.0 Å². The number of carbonyl (C=O) groups is 1. The molecule has 0 saturated heterocycles. The van der Waals surface area contributed by atoms with E-state index in [0.717, 1.165) is 5.69 Å². The van der Waals surface area contributed by atoms with Crippen molar-refractivity contribution in [3.8, 4) is 12.1 Å². The summed E-state index contributed by atoms with van der Waals surface area (Å²) in [6.07, 6.45) is 1.51. The SMILES string of the molecule is CC(=O)NC1=CC(=C(C#N)C#N)NC(=S)N1c1ccccc1. The maximum Gasteiger partial charge on any atom is 0.222 e. The van der Waals surface area contributed by atoms with Gasteiger partial charge < -0.3 is 10.6 Å². The fourth-order valence-corrected chi connectivity index (χ4v) is 2.22. The quantitative estimate of drug-likeness (QED) is 0.637. The summed E-state index contributed by atoms with van der Waals surface area (Å²) in [6, 6.07) is 12.8. The molecule has 1 heterocycles. The van der Waals surface area contributed by atoms with E-state index in [1.807, 2.05) is 30.3 Å². The molecule has 0 aromatic heterocycles. The lowest BCUT2D eigenvalue weighted by atomic mass is 10.2. The lowest BCUT2D eigenvalue weighted by molar-refractivity contribution is -0.118. The number of para-hydroxylation sites is 1. The first-order chi connectivity index (χ1) is 10.6. The topological polar surface area (TPSA) is 92.0 Å². The highest BCUT2D eigenvalue weighted by atomic mass is 32.1. The van der Waals surface area contributed by atoms with Crippen LogP contribution in [0, 0.1) is 22.7 Å². The van der Waals surface area contributed by atoms with E-state index in [4.69, 9.17) is 22.7 Å². The molecular formula is C15H11N5OS. The predicted octanol–water partition coefficient (Wildman–Crippen LogP) is 1.66. The van der Waals surface area contributed by atoms with Crippen LogP contribution in [0.25, 0.3) is 0 Å². The van der Waals surface area contributed by atoms with Crippen LogP contribution in [0.4, 0.5) is 5.69 Å². The van der Waals surface area contributed by atoms with Crippen molar-refractivity contribution in [2.24, 2.45) is 0 Å².